The third kappa shape index (κ3) is 2.78. The average molecular weight is 327 g/mol. The zero-order valence-electron chi connectivity index (χ0n) is 9.88. The van der Waals surface area contributed by atoms with Gasteiger partial charge in [0, 0.05) is 16.4 Å². The van der Waals surface area contributed by atoms with Gasteiger partial charge in [0.1, 0.15) is 0 Å². The molecular formula is C13H9BrF2N2O. The SMILES string of the molecule is Cc1c(Br)cccc1NC(=O)c1ccnc(F)c1F. The summed E-state index contributed by atoms with van der Waals surface area (Å²) in [6.45, 7) is 1.79. The van der Waals surface area contributed by atoms with Gasteiger partial charge >= 0.3 is 0 Å². The van der Waals surface area contributed by atoms with Crippen LogP contribution in [0.1, 0.15) is 15.9 Å². The van der Waals surface area contributed by atoms with Crippen LogP contribution >= 0.6 is 15.9 Å². The first-order valence-electron chi connectivity index (χ1n) is 5.37. The van der Waals surface area contributed by atoms with Crippen molar-refractivity contribution >= 4 is 27.5 Å². The lowest BCUT2D eigenvalue weighted by Crippen LogP contribution is -2.15. The molecule has 1 amide bonds. The molecule has 0 bridgehead atoms. The molecule has 0 saturated heterocycles. The maximum Gasteiger partial charge on any atom is 0.258 e. The van der Waals surface area contributed by atoms with Gasteiger partial charge < -0.3 is 5.32 Å². The Morgan fingerprint density at radius 2 is 2.05 bits per heavy atom. The van der Waals surface area contributed by atoms with Crippen molar-refractivity contribution in [2.75, 3.05) is 5.32 Å². The first-order chi connectivity index (χ1) is 9.00. The number of hydrogen-bond acceptors (Lipinski definition) is 2. The molecule has 3 nitrogen and oxygen atoms in total. The Labute approximate surface area is 116 Å². The van der Waals surface area contributed by atoms with Gasteiger partial charge in [-0.25, -0.2) is 9.37 Å². The highest BCUT2D eigenvalue weighted by Gasteiger charge is 2.16. The van der Waals surface area contributed by atoms with Crippen molar-refractivity contribution in [1.29, 1.82) is 0 Å². The zero-order chi connectivity index (χ0) is 14.0. The van der Waals surface area contributed by atoms with Crippen molar-refractivity contribution in [3.05, 3.63) is 57.8 Å². The van der Waals surface area contributed by atoms with Crippen molar-refractivity contribution in [2.24, 2.45) is 0 Å². The Hall–Kier alpha value is -1.82. The second kappa shape index (κ2) is 5.44. The minimum Gasteiger partial charge on any atom is -0.322 e. The molecule has 0 unspecified atom stereocenters. The number of pyridine rings is 1. The molecule has 2 aromatic rings. The van der Waals surface area contributed by atoms with Crippen LogP contribution in [0.5, 0.6) is 0 Å². The van der Waals surface area contributed by atoms with E-state index in [0.29, 0.717) is 5.69 Å². The number of halogens is 3. The molecular weight excluding hydrogens is 318 g/mol. The molecule has 19 heavy (non-hydrogen) atoms. The van der Waals surface area contributed by atoms with Gasteiger partial charge in [0.2, 0.25) is 5.95 Å². The zero-order valence-corrected chi connectivity index (χ0v) is 11.5. The number of amides is 1. The van der Waals surface area contributed by atoms with E-state index in [2.05, 4.69) is 26.2 Å². The number of carbonyl (C=O) groups excluding carboxylic acids is 1. The number of anilines is 1. The van der Waals surface area contributed by atoms with Crippen LogP contribution in [-0.4, -0.2) is 10.9 Å². The van der Waals surface area contributed by atoms with Gasteiger partial charge in [-0.3, -0.25) is 4.79 Å². The van der Waals surface area contributed by atoms with Crippen LogP contribution in [-0.2, 0) is 0 Å². The molecule has 0 radical (unpaired) electrons. The number of nitrogens with zero attached hydrogens (tertiary/aromatic N) is 1. The topological polar surface area (TPSA) is 42.0 Å². The van der Waals surface area contributed by atoms with Gasteiger partial charge in [-0.15, -0.1) is 0 Å². The van der Waals surface area contributed by atoms with Crippen LogP contribution in [0, 0.1) is 18.7 Å². The molecule has 0 fully saturated rings. The first-order valence-corrected chi connectivity index (χ1v) is 6.16. The summed E-state index contributed by atoms with van der Waals surface area (Å²) in [4.78, 5) is 15.0. The highest BCUT2D eigenvalue weighted by Crippen LogP contribution is 2.24. The van der Waals surface area contributed by atoms with E-state index in [1.165, 1.54) is 0 Å². The molecule has 1 N–H and O–H groups in total. The molecule has 1 heterocycles. The van der Waals surface area contributed by atoms with E-state index < -0.39 is 17.7 Å². The van der Waals surface area contributed by atoms with E-state index in [1.807, 2.05) is 6.07 Å². The molecule has 0 aliphatic heterocycles. The van der Waals surface area contributed by atoms with Crippen molar-refractivity contribution < 1.29 is 13.6 Å². The van der Waals surface area contributed by atoms with Gasteiger partial charge in [0.25, 0.3) is 5.91 Å². The Kier molecular flexibility index (Phi) is 3.90. The lowest BCUT2D eigenvalue weighted by molar-refractivity contribution is 0.102. The monoisotopic (exact) mass is 326 g/mol. The Bertz CT molecular complexity index is 647. The molecule has 1 aromatic carbocycles. The van der Waals surface area contributed by atoms with E-state index in [1.54, 1.807) is 19.1 Å². The molecule has 2 rings (SSSR count). The summed E-state index contributed by atoms with van der Waals surface area (Å²) in [6.07, 6.45) is 1.04. The number of aromatic nitrogens is 1. The Balaban J connectivity index is 2.31. The van der Waals surface area contributed by atoms with Crippen molar-refractivity contribution in [2.45, 2.75) is 6.92 Å². The Morgan fingerprint density at radius 1 is 1.32 bits per heavy atom. The maximum absolute atomic E-state index is 13.4. The quantitative estimate of drug-likeness (QED) is 0.855. The van der Waals surface area contributed by atoms with Crippen LogP contribution in [0.15, 0.2) is 34.9 Å². The molecule has 98 valence electrons. The van der Waals surface area contributed by atoms with Gasteiger partial charge in [-0.2, -0.15) is 4.39 Å². The molecule has 0 spiro atoms. The second-order valence-corrected chi connectivity index (χ2v) is 4.68. The minimum absolute atomic E-state index is 0.383. The number of benzene rings is 1. The van der Waals surface area contributed by atoms with E-state index in [0.717, 1.165) is 22.3 Å². The first kappa shape index (κ1) is 13.6. The summed E-state index contributed by atoms with van der Waals surface area (Å²) in [5.41, 5.74) is 0.939. The van der Waals surface area contributed by atoms with E-state index in [-0.39, 0.29) is 5.56 Å². The molecule has 1 aromatic heterocycles. The predicted octanol–water partition coefficient (Wildman–Crippen LogP) is 3.68. The summed E-state index contributed by atoms with van der Waals surface area (Å²) in [7, 11) is 0. The van der Waals surface area contributed by atoms with E-state index >= 15 is 0 Å². The molecule has 0 saturated carbocycles. The second-order valence-electron chi connectivity index (χ2n) is 3.83. The number of nitrogens with one attached hydrogen (secondary N) is 1. The van der Waals surface area contributed by atoms with Gasteiger partial charge in [-0.1, -0.05) is 22.0 Å². The van der Waals surface area contributed by atoms with Crippen LogP contribution in [0.25, 0.3) is 0 Å². The van der Waals surface area contributed by atoms with Crippen molar-refractivity contribution in [3.63, 3.8) is 0 Å². The van der Waals surface area contributed by atoms with Crippen LogP contribution in [0.3, 0.4) is 0 Å². The van der Waals surface area contributed by atoms with Gasteiger partial charge in [0.05, 0.1) is 5.56 Å². The smallest absolute Gasteiger partial charge is 0.258 e. The summed E-state index contributed by atoms with van der Waals surface area (Å²) in [5.74, 6) is -3.27. The summed E-state index contributed by atoms with van der Waals surface area (Å²) < 4.78 is 27.2. The largest absolute Gasteiger partial charge is 0.322 e. The fourth-order valence-electron chi connectivity index (χ4n) is 1.53. The summed E-state index contributed by atoms with van der Waals surface area (Å²) in [6, 6.07) is 6.35. The highest BCUT2D eigenvalue weighted by molar-refractivity contribution is 9.10. The lowest BCUT2D eigenvalue weighted by atomic mass is 10.2. The van der Waals surface area contributed by atoms with Crippen LogP contribution < -0.4 is 5.32 Å². The fourth-order valence-corrected chi connectivity index (χ4v) is 1.89. The van der Waals surface area contributed by atoms with E-state index in [4.69, 9.17) is 0 Å². The van der Waals surface area contributed by atoms with Crippen molar-refractivity contribution in [1.82, 2.24) is 4.98 Å². The molecule has 0 atom stereocenters. The van der Waals surface area contributed by atoms with Crippen LogP contribution in [0.2, 0.25) is 0 Å². The maximum atomic E-state index is 13.4. The lowest BCUT2D eigenvalue weighted by Gasteiger charge is -2.10. The predicted molar refractivity (Wildman–Crippen MR) is 71.0 cm³/mol. The molecule has 0 aliphatic carbocycles. The number of hydrogen-bond donors (Lipinski definition) is 1. The standard InChI is InChI=1S/C13H9BrF2N2O/c1-7-9(14)3-2-4-10(7)18-13(19)8-5-6-17-12(16)11(8)15/h2-6H,1H3,(H,18,19). The molecule has 6 heteroatoms. The third-order valence-corrected chi connectivity index (χ3v) is 3.47. The Morgan fingerprint density at radius 3 is 2.79 bits per heavy atom. The minimum atomic E-state index is -1.29. The summed E-state index contributed by atoms with van der Waals surface area (Å²) >= 11 is 3.32. The number of rotatable bonds is 2. The van der Waals surface area contributed by atoms with E-state index in [9.17, 15) is 13.6 Å². The van der Waals surface area contributed by atoms with Gasteiger partial charge in [0.15, 0.2) is 5.82 Å². The third-order valence-electron chi connectivity index (χ3n) is 2.61. The van der Waals surface area contributed by atoms with Crippen molar-refractivity contribution in [3.8, 4) is 0 Å². The normalized spacial score (nSPS) is 10.3. The van der Waals surface area contributed by atoms with Crippen LogP contribution in [0.4, 0.5) is 14.5 Å². The summed E-state index contributed by atoms with van der Waals surface area (Å²) in [5, 5.41) is 2.53. The number of carbonyl (C=O) groups is 1. The average Bonchev–Trinajstić information content (AvgIpc) is 2.38. The van der Waals surface area contributed by atoms with Gasteiger partial charge in [-0.05, 0) is 30.7 Å². The highest BCUT2D eigenvalue weighted by atomic mass is 79.9. The molecule has 0 aliphatic rings. The fraction of sp³-hybridized carbons (Fsp3) is 0.0769.